The van der Waals surface area contributed by atoms with Crippen molar-refractivity contribution in [3.05, 3.63) is 68.8 Å². The average molecular weight is 605 g/mol. The summed E-state index contributed by atoms with van der Waals surface area (Å²) in [5, 5.41) is 0. The van der Waals surface area contributed by atoms with E-state index in [0.717, 1.165) is 96.2 Å². The van der Waals surface area contributed by atoms with Gasteiger partial charge in [-0.25, -0.2) is 9.97 Å². The number of nitrogens with zero attached hydrogens (tertiary/aromatic N) is 4. The van der Waals surface area contributed by atoms with E-state index in [9.17, 15) is 0 Å². The number of fused-ring (bicyclic) bond motifs is 8. The zero-order valence-corrected chi connectivity index (χ0v) is 28.0. The zero-order chi connectivity index (χ0) is 29.4. The number of aryl methyl sites for hydroxylation is 5. The predicted molar refractivity (Wildman–Crippen MR) is 176 cm³/mol. The monoisotopic (exact) mass is 604 g/mol. The molecule has 0 atom stereocenters. The molecule has 0 N–H and O–H groups in total. The summed E-state index contributed by atoms with van der Waals surface area (Å²) < 4.78 is 0. The van der Waals surface area contributed by atoms with Crippen LogP contribution in [0.5, 0.6) is 0 Å². The third kappa shape index (κ3) is 5.13. The van der Waals surface area contributed by atoms with Crippen LogP contribution in [0.25, 0.3) is 44.4 Å². The standard InChI is InChI=1S/C37H46N4.Ni/c1-10-22-24(12-3)32-19-34-26(14-5)28(16-7)36(40-34)21(9)37-29(17-8)27(15-6)35(41-37)20-33-25(13-4)23(11-2)31(39-33)18-30(22)38-32;/h18-20H,10-17H2,1-9H3;/q-2;+2. The largest absolute Gasteiger partial charge is 2.00 e. The van der Waals surface area contributed by atoms with Crippen LogP contribution in [0.15, 0.2) is 18.2 Å². The number of hydrogen-bond donors (Lipinski definition) is 0. The first-order valence-corrected chi connectivity index (χ1v) is 16.0. The van der Waals surface area contributed by atoms with E-state index in [2.05, 4.69) is 80.5 Å². The van der Waals surface area contributed by atoms with Gasteiger partial charge in [0.2, 0.25) is 0 Å². The van der Waals surface area contributed by atoms with Crippen molar-refractivity contribution in [3.8, 4) is 0 Å². The van der Waals surface area contributed by atoms with E-state index < -0.39 is 0 Å². The first-order chi connectivity index (χ1) is 19.9. The first-order valence-electron chi connectivity index (χ1n) is 16.0. The van der Waals surface area contributed by atoms with Crippen LogP contribution < -0.4 is 9.97 Å². The van der Waals surface area contributed by atoms with Crippen molar-refractivity contribution in [2.45, 2.75) is 114 Å². The van der Waals surface area contributed by atoms with Crippen molar-refractivity contribution in [1.29, 1.82) is 0 Å². The Morgan fingerprint density at radius 1 is 0.476 bits per heavy atom. The minimum atomic E-state index is 0. The van der Waals surface area contributed by atoms with Crippen molar-refractivity contribution in [2.24, 2.45) is 0 Å². The van der Waals surface area contributed by atoms with Gasteiger partial charge in [-0.05, 0) is 86.1 Å². The summed E-state index contributed by atoms with van der Waals surface area (Å²) in [6.07, 6.45) is 7.60. The second kappa shape index (κ2) is 13.2. The second-order valence-electron chi connectivity index (χ2n) is 11.2. The van der Waals surface area contributed by atoms with Gasteiger partial charge in [-0.1, -0.05) is 95.8 Å². The van der Waals surface area contributed by atoms with Gasteiger partial charge < -0.3 is 9.97 Å². The fraction of sp³-hybridized carbons (Fsp3) is 0.459. The average Bonchev–Trinajstić information content (AvgIpc) is 3.71. The summed E-state index contributed by atoms with van der Waals surface area (Å²) in [5.74, 6) is 0. The molecule has 42 heavy (non-hydrogen) atoms. The Kier molecular flexibility index (Phi) is 10.0. The van der Waals surface area contributed by atoms with Crippen molar-refractivity contribution in [3.63, 3.8) is 0 Å². The molecule has 2 aliphatic heterocycles. The maximum absolute atomic E-state index is 5.35. The number of hydrogen-bond acceptors (Lipinski definition) is 2. The molecule has 3 aromatic heterocycles. The van der Waals surface area contributed by atoms with Crippen LogP contribution in [0.2, 0.25) is 0 Å². The van der Waals surface area contributed by atoms with E-state index in [4.69, 9.17) is 19.9 Å². The first kappa shape index (κ1) is 32.0. The van der Waals surface area contributed by atoms with Crippen LogP contribution in [-0.2, 0) is 42.2 Å². The van der Waals surface area contributed by atoms with Crippen molar-refractivity contribution in [2.75, 3.05) is 0 Å². The summed E-state index contributed by atoms with van der Waals surface area (Å²) >= 11 is 0. The summed E-state index contributed by atoms with van der Waals surface area (Å²) in [6, 6.07) is 6.76. The minimum Gasteiger partial charge on any atom is -0.657 e. The Morgan fingerprint density at radius 3 is 1.29 bits per heavy atom. The molecule has 3 aromatic rings. The molecule has 0 fully saturated rings. The molecule has 0 saturated carbocycles. The van der Waals surface area contributed by atoms with Gasteiger partial charge in [0.1, 0.15) is 0 Å². The van der Waals surface area contributed by atoms with E-state index in [-0.39, 0.29) is 16.5 Å². The molecule has 0 saturated heterocycles. The molecule has 224 valence electrons. The van der Waals surface area contributed by atoms with Crippen LogP contribution in [-0.4, -0.2) is 9.97 Å². The normalized spacial score (nSPS) is 13.3. The fourth-order valence-corrected chi connectivity index (χ4v) is 7.22. The molecule has 8 bridgehead atoms. The summed E-state index contributed by atoms with van der Waals surface area (Å²) in [4.78, 5) is 21.3. The molecule has 5 rings (SSSR count). The smallest absolute Gasteiger partial charge is 0.657 e. The van der Waals surface area contributed by atoms with E-state index in [1.807, 2.05) is 0 Å². The molecule has 0 radical (unpaired) electrons. The van der Waals surface area contributed by atoms with Gasteiger partial charge in [-0.15, -0.1) is 22.1 Å². The molecule has 0 aromatic carbocycles. The minimum absolute atomic E-state index is 0. The zero-order valence-electron chi connectivity index (χ0n) is 27.0. The van der Waals surface area contributed by atoms with Crippen molar-refractivity contribution < 1.29 is 16.5 Å². The quantitative estimate of drug-likeness (QED) is 0.240. The Hall–Kier alpha value is -2.91. The molecule has 2 aliphatic rings. The Balaban J connectivity index is 0.00000405. The van der Waals surface area contributed by atoms with Crippen molar-refractivity contribution >= 4 is 44.4 Å². The summed E-state index contributed by atoms with van der Waals surface area (Å²) in [5.41, 5.74) is 20.5. The maximum atomic E-state index is 5.35. The van der Waals surface area contributed by atoms with Crippen molar-refractivity contribution in [1.82, 2.24) is 19.9 Å². The number of rotatable bonds is 8. The van der Waals surface area contributed by atoms with E-state index in [1.54, 1.807) is 0 Å². The Morgan fingerprint density at radius 2 is 0.857 bits per heavy atom. The van der Waals surface area contributed by atoms with Gasteiger partial charge in [0.15, 0.2) is 0 Å². The summed E-state index contributed by atoms with van der Waals surface area (Å²) in [6.45, 7) is 20.2. The molecule has 5 heterocycles. The van der Waals surface area contributed by atoms with Crippen LogP contribution >= 0.6 is 0 Å². The number of aromatic nitrogens is 4. The predicted octanol–water partition coefficient (Wildman–Crippen LogP) is 9.59. The van der Waals surface area contributed by atoms with Gasteiger partial charge in [-0.2, -0.15) is 0 Å². The second-order valence-corrected chi connectivity index (χ2v) is 11.2. The molecular formula is C37H46N4Ni. The maximum Gasteiger partial charge on any atom is 2.00 e. The Bertz CT molecular complexity index is 1730. The van der Waals surface area contributed by atoms with Crippen LogP contribution in [0, 0.1) is 6.92 Å². The number of allylic oxidation sites excluding steroid dienone is 4. The SMILES string of the molecule is CCC1=C(CC)c2cc3[n-]c(c(C)c4nc(cc5[n-]c(cc1n2)c(CC)c5CC)C(CC)=C4CC)c(CC)c3CC.[Ni+2]. The molecule has 0 unspecified atom stereocenters. The third-order valence-corrected chi connectivity index (χ3v) is 9.19. The van der Waals surface area contributed by atoms with E-state index in [0.29, 0.717) is 0 Å². The van der Waals surface area contributed by atoms with E-state index >= 15 is 0 Å². The van der Waals surface area contributed by atoms with Gasteiger partial charge >= 0.3 is 16.5 Å². The molecule has 4 nitrogen and oxygen atoms in total. The molecule has 0 aliphatic carbocycles. The fourth-order valence-electron chi connectivity index (χ4n) is 7.22. The van der Waals surface area contributed by atoms with Crippen LogP contribution in [0.3, 0.4) is 0 Å². The van der Waals surface area contributed by atoms with Gasteiger partial charge in [0.25, 0.3) is 0 Å². The van der Waals surface area contributed by atoms with Crippen LogP contribution in [0.4, 0.5) is 0 Å². The summed E-state index contributed by atoms with van der Waals surface area (Å²) in [7, 11) is 0. The third-order valence-electron chi connectivity index (χ3n) is 9.19. The Labute approximate surface area is 262 Å². The molecular weight excluding hydrogens is 559 g/mol. The molecule has 0 amide bonds. The van der Waals surface area contributed by atoms with Gasteiger partial charge in [0.05, 0.1) is 22.8 Å². The molecule has 5 heteroatoms. The van der Waals surface area contributed by atoms with Gasteiger partial charge in [0, 0.05) is 0 Å². The molecule has 0 spiro atoms. The van der Waals surface area contributed by atoms with E-state index in [1.165, 1.54) is 50.1 Å². The van der Waals surface area contributed by atoms with Crippen LogP contribution in [0.1, 0.15) is 132 Å². The topological polar surface area (TPSA) is 54.0 Å². The van der Waals surface area contributed by atoms with Gasteiger partial charge in [-0.3, -0.25) is 0 Å².